The zero-order chi connectivity index (χ0) is 33.2. The van der Waals surface area contributed by atoms with Gasteiger partial charge in [-0.2, -0.15) is 4.98 Å². The van der Waals surface area contributed by atoms with Gasteiger partial charge in [0.05, 0.1) is 31.0 Å². The molecule has 2 aliphatic heterocycles. The number of hydrogen-bond donors (Lipinski definition) is 7. The molecule has 0 spiro atoms. The summed E-state index contributed by atoms with van der Waals surface area (Å²) in [4.78, 5) is 43.4. The first kappa shape index (κ1) is 34.6. The molecule has 10 atom stereocenters. The highest BCUT2D eigenvalue weighted by molar-refractivity contribution is 6.04. The van der Waals surface area contributed by atoms with Crippen LogP contribution in [-0.4, -0.2) is 122 Å². The summed E-state index contributed by atoms with van der Waals surface area (Å²) in [6.07, 6.45) is -6.52. The average molecular weight is 635 g/mol. The number of rotatable bonds is 9. The summed E-state index contributed by atoms with van der Waals surface area (Å²) < 4.78 is 18.9. The Kier molecular flexibility index (Phi) is 10.7. The molecule has 0 radical (unpaired) electrons. The van der Waals surface area contributed by atoms with E-state index in [-0.39, 0.29) is 17.8 Å². The van der Waals surface area contributed by atoms with E-state index in [1.54, 1.807) is 32.8 Å². The lowest BCUT2D eigenvalue weighted by atomic mass is 9.95. The molecule has 2 aromatic rings. The lowest BCUT2D eigenvalue weighted by molar-refractivity contribution is -0.322. The van der Waals surface area contributed by atoms with Crippen LogP contribution in [0.1, 0.15) is 43.8 Å². The number of aliphatic hydroxyl groups is 4. The number of amides is 2. The topological polar surface area (TPSA) is 231 Å². The molecule has 16 heteroatoms. The highest BCUT2D eigenvalue weighted by Gasteiger charge is 2.47. The van der Waals surface area contributed by atoms with Gasteiger partial charge in [0, 0.05) is 23.9 Å². The van der Waals surface area contributed by atoms with E-state index in [9.17, 15) is 34.8 Å². The first-order chi connectivity index (χ1) is 21.1. The second kappa shape index (κ2) is 14.0. The molecule has 2 fully saturated rings. The Hall–Kier alpha value is -3.32. The van der Waals surface area contributed by atoms with Crippen LogP contribution in [0.3, 0.4) is 0 Å². The summed E-state index contributed by atoms with van der Waals surface area (Å²) in [5, 5.41) is 46.5. The van der Waals surface area contributed by atoms with Crippen LogP contribution in [0.25, 0.3) is 0 Å². The van der Waals surface area contributed by atoms with Gasteiger partial charge in [0.2, 0.25) is 5.91 Å². The van der Waals surface area contributed by atoms with Gasteiger partial charge in [-0.1, -0.05) is 0 Å². The van der Waals surface area contributed by atoms with Gasteiger partial charge in [0.1, 0.15) is 35.9 Å². The van der Waals surface area contributed by atoms with Gasteiger partial charge >= 0.3 is 5.69 Å². The van der Waals surface area contributed by atoms with Crippen molar-refractivity contribution in [2.45, 2.75) is 87.9 Å². The van der Waals surface area contributed by atoms with Crippen molar-refractivity contribution in [3.05, 3.63) is 52.6 Å². The summed E-state index contributed by atoms with van der Waals surface area (Å²) in [5.41, 5.74) is 4.10. The minimum absolute atomic E-state index is 0.0155. The van der Waals surface area contributed by atoms with Gasteiger partial charge in [0.25, 0.3) is 5.91 Å². The van der Waals surface area contributed by atoms with E-state index in [1.807, 2.05) is 0 Å². The number of carbonyl (C=O) groups is 2. The number of carbonyl (C=O) groups excluding carboxylic acids is 2. The maximum absolute atomic E-state index is 12.9. The number of likely N-dealkylation sites (N-methyl/N-ethyl adjacent to an activating group) is 1. The molecular formula is C29H42N6O10. The molecule has 0 aliphatic carbocycles. The van der Waals surface area contributed by atoms with Crippen LogP contribution in [-0.2, 0) is 19.0 Å². The third-order valence-corrected chi connectivity index (χ3v) is 7.99. The summed E-state index contributed by atoms with van der Waals surface area (Å²) >= 11 is 0. The fourth-order valence-corrected chi connectivity index (χ4v) is 5.36. The quantitative estimate of drug-likeness (QED) is 0.168. The van der Waals surface area contributed by atoms with E-state index in [2.05, 4.69) is 15.6 Å². The van der Waals surface area contributed by atoms with Crippen molar-refractivity contribution in [1.29, 1.82) is 0 Å². The lowest BCUT2D eigenvalue weighted by Gasteiger charge is -2.46. The smallest absolute Gasteiger partial charge is 0.351 e. The lowest BCUT2D eigenvalue weighted by Crippen LogP contribution is -2.63. The van der Waals surface area contributed by atoms with Crippen LogP contribution in [0, 0.1) is 0 Å². The number of nitrogens with zero attached hydrogens (tertiary/aromatic N) is 3. The maximum atomic E-state index is 12.9. The minimum Gasteiger partial charge on any atom is -0.394 e. The third-order valence-electron chi connectivity index (χ3n) is 7.99. The highest BCUT2D eigenvalue weighted by Crippen LogP contribution is 2.32. The van der Waals surface area contributed by atoms with Crippen LogP contribution >= 0.6 is 0 Å². The monoisotopic (exact) mass is 634 g/mol. The predicted octanol–water partition coefficient (Wildman–Crippen LogP) is -1.41. The van der Waals surface area contributed by atoms with Crippen LogP contribution in [0.4, 0.5) is 11.5 Å². The second-order valence-electron chi connectivity index (χ2n) is 11.9. The highest BCUT2D eigenvalue weighted by atomic mass is 16.7. The van der Waals surface area contributed by atoms with Crippen molar-refractivity contribution in [2.24, 2.45) is 5.73 Å². The number of aliphatic hydroxyl groups excluding tert-OH is 4. The Balaban J connectivity index is 1.36. The van der Waals surface area contributed by atoms with Crippen LogP contribution in [0.5, 0.6) is 0 Å². The van der Waals surface area contributed by atoms with Crippen molar-refractivity contribution in [3.8, 4) is 0 Å². The number of aromatic nitrogens is 2. The molecule has 2 saturated heterocycles. The summed E-state index contributed by atoms with van der Waals surface area (Å²) in [5.74, 6) is -1.17. The normalized spacial score (nSPS) is 31.7. The molecule has 4 rings (SSSR count). The van der Waals surface area contributed by atoms with E-state index in [4.69, 9.17) is 19.9 Å². The zero-order valence-corrected chi connectivity index (χ0v) is 25.7. The SMILES string of the molecule is CC1OC(n2ccc(NC(=O)c3ccc(NC(=O)C(C)(N)CO)cc3)nc2=O)CC(O)C1OC1OC(C)C(N(C)C)C(O)C1O. The molecule has 1 aromatic heterocycles. The number of nitrogens with two attached hydrogens (primary N) is 1. The van der Waals surface area contributed by atoms with Crippen LogP contribution in [0.2, 0.25) is 0 Å². The molecule has 16 nitrogen and oxygen atoms in total. The molecule has 2 aliphatic rings. The Morgan fingerprint density at radius 3 is 2.33 bits per heavy atom. The van der Waals surface area contributed by atoms with Gasteiger partial charge in [-0.25, -0.2) is 4.79 Å². The summed E-state index contributed by atoms with van der Waals surface area (Å²) in [6, 6.07) is 6.83. The Labute approximate surface area is 259 Å². The number of anilines is 2. The fraction of sp³-hybridized carbons (Fsp3) is 0.586. The van der Waals surface area contributed by atoms with Gasteiger partial charge in [0.15, 0.2) is 6.29 Å². The first-order valence-corrected chi connectivity index (χ1v) is 14.5. The minimum atomic E-state index is -1.47. The van der Waals surface area contributed by atoms with E-state index < -0.39 is 84.8 Å². The van der Waals surface area contributed by atoms with Gasteiger partial charge < -0.3 is 55.9 Å². The Morgan fingerprint density at radius 1 is 1.09 bits per heavy atom. The van der Waals surface area contributed by atoms with Crippen molar-refractivity contribution < 1.29 is 44.2 Å². The third kappa shape index (κ3) is 7.74. The standard InChI is InChI=1S/C29H42N6O10/c1-14-21(34(4)5)22(38)23(39)26(44-14)45-24-15(2)43-20(12-18(24)37)35-11-10-19(33-28(35)42)32-25(40)16-6-8-17(9-7-16)31-27(41)29(3,30)13-36/h6-11,14-15,18,20-24,26,36-39H,12-13,30H2,1-5H3,(H,31,41)(H,32,33,40,42). The molecule has 3 heterocycles. The van der Waals surface area contributed by atoms with Gasteiger partial charge in [-0.3, -0.25) is 14.2 Å². The molecule has 2 amide bonds. The van der Waals surface area contributed by atoms with E-state index in [1.165, 1.54) is 48.0 Å². The van der Waals surface area contributed by atoms with Gasteiger partial charge in [-0.15, -0.1) is 0 Å². The number of nitrogens with one attached hydrogen (secondary N) is 2. The van der Waals surface area contributed by atoms with Crippen molar-refractivity contribution >= 4 is 23.3 Å². The van der Waals surface area contributed by atoms with E-state index in [0.29, 0.717) is 5.69 Å². The van der Waals surface area contributed by atoms with Crippen LogP contribution < -0.4 is 22.1 Å². The first-order valence-electron chi connectivity index (χ1n) is 14.5. The van der Waals surface area contributed by atoms with Crippen molar-refractivity contribution in [2.75, 3.05) is 31.3 Å². The second-order valence-corrected chi connectivity index (χ2v) is 11.9. The molecule has 248 valence electrons. The Bertz CT molecular complexity index is 1390. The van der Waals surface area contributed by atoms with Gasteiger partial charge in [-0.05, 0) is 65.2 Å². The number of ether oxygens (including phenoxy) is 3. The van der Waals surface area contributed by atoms with Crippen LogP contribution in [0.15, 0.2) is 41.3 Å². The summed E-state index contributed by atoms with van der Waals surface area (Å²) in [7, 11) is 3.53. The maximum Gasteiger partial charge on any atom is 0.351 e. The van der Waals surface area contributed by atoms with Crippen molar-refractivity contribution in [3.63, 3.8) is 0 Å². The molecule has 1 aromatic carbocycles. The Morgan fingerprint density at radius 2 is 1.76 bits per heavy atom. The van der Waals surface area contributed by atoms with Crippen molar-refractivity contribution in [1.82, 2.24) is 14.5 Å². The molecule has 8 N–H and O–H groups in total. The fourth-order valence-electron chi connectivity index (χ4n) is 5.36. The van der Waals surface area contributed by atoms with E-state index in [0.717, 1.165) is 0 Å². The average Bonchev–Trinajstić information content (AvgIpc) is 2.97. The largest absolute Gasteiger partial charge is 0.394 e. The molecule has 0 bridgehead atoms. The molecule has 45 heavy (non-hydrogen) atoms. The van der Waals surface area contributed by atoms with E-state index >= 15 is 0 Å². The number of hydrogen-bond acceptors (Lipinski definition) is 13. The predicted molar refractivity (Wildman–Crippen MR) is 160 cm³/mol. The summed E-state index contributed by atoms with van der Waals surface area (Å²) in [6.45, 7) is 4.23. The molecule has 10 unspecified atom stereocenters. The molecular weight excluding hydrogens is 592 g/mol. The zero-order valence-electron chi connectivity index (χ0n) is 25.7. The number of benzene rings is 1. The molecule has 0 saturated carbocycles.